The van der Waals surface area contributed by atoms with Crippen LogP contribution in [-0.2, 0) is 4.79 Å². The third-order valence-electron chi connectivity index (χ3n) is 6.47. The molecule has 5 amide bonds. The molecule has 182 valence electrons. The number of unbranched alkanes of at least 4 members (excludes halogenated alkanes) is 1. The molecule has 9 heteroatoms. The Morgan fingerprint density at radius 3 is 2.58 bits per heavy atom. The predicted octanol–water partition coefficient (Wildman–Crippen LogP) is 4.51. The van der Waals surface area contributed by atoms with E-state index in [0.29, 0.717) is 41.9 Å². The van der Waals surface area contributed by atoms with Gasteiger partial charge in [-0.25, -0.2) is 14.5 Å². The number of urea groups is 2. The Balaban J connectivity index is 1.74. The molecule has 1 atom stereocenters. The van der Waals surface area contributed by atoms with Gasteiger partial charge < -0.3 is 19.9 Å². The monoisotopic (exact) mass is 478 g/mol. The maximum Gasteiger partial charge on any atom is 0.332 e. The van der Waals surface area contributed by atoms with Gasteiger partial charge in [-0.2, -0.15) is 0 Å². The number of carbonyl (C=O) groups excluding carboxylic acids is 3. The van der Waals surface area contributed by atoms with E-state index in [2.05, 4.69) is 5.32 Å². The van der Waals surface area contributed by atoms with Gasteiger partial charge in [0.25, 0.3) is 5.91 Å². The Kier molecular flexibility index (Phi) is 8.83. The molecule has 3 rings (SSSR count). The van der Waals surface area contributed by atoms with Crippen LogP contribution in [0.5, 0.6) is 5.75 Å². The zero-order valence-electron chi connectivity index (χ0n) is 19.8. The smallest absolute Gasteiger partial charge is 0.332 e. The van der Waals surface area contributed by atoms with E-state index in [1.807, 2.05) is 0 Å². The molecule has 1 saturated carbocycles. The number of carbonyl (C=O) groups is 3. The number of halogens is 1. The first-order valence-electron chi connectivity index (χ1n) is 11.8. The first-order chi connectivity index (χ1) is 15.8. The number of nitrogens with zero attached hydrogens (tertiary/aromatic N) is 3. The molecule has 1 aromatic rings. The van der Waals surface area contributed by atoms with Gasteiger partial charge in [0, 0.05) is 32.2 Å². The van der Waals surface area contributed by atoms with Crippen molar-refractivity contribution < 1.29 is 19.1 Å². The van der Waals surface area contributed by atoms with E-state index in [1.54, 1.807) is 37.2 Å². The Bertz CT molecular complexity index is 857. The minimum Gasteiger partial charge on any atom is -0.495 e. The number of anilines is 1. The number of amides is 5. The van der Waals surface area contributed by atoms with E-state index in [1.165, 1.54) is 36.2 Å². The van der Waals surface area contributed by atoms with E-state index in [4.69, 9.17) is 16.3 Å². The molecule has 0 spiro atoms. The van der Waals surface area contributed by atoms with Gasteiger partial charge >= 0.3 is 12.1 Å². The number of ether oxygens (including phenoxy) is 1. The summed E-state index contributed by atoms with van der Waals surface area (Å²) in [5.74, 6) is 0.609. The lowest BCUT2D eigenvalue weighted by atomic mass is 9.88. The Labute approximate surface area is 201 Å². The fourth-order valence-electron chi connectivity index (χ4n) is 4.65. The molecular formula is C24H35ClN4O4. The normalized spacial score (nSPS) is 19.2. The number of rotatable bonds is 9. The van der Waals surface area contributed by atoms with Crippen molar-refractivity contribution in [3.05, 3.63) is 23.2 Å². The van der Waals surface area contributed by atoms with Gasteiger partial charge in [-0.15, -0.1) is 0 Å². The Morgan fingerprint density at radius 2 is 1.91 bits per heavy atom. The number of methoxy groups -OCH3 is 1. The van der Waals surface area contributed by atoms with Crippen LogP contribution in [0.1, 0.15) is 51.4 Å². The van der Waals surface area contributed by atoms with Crippen LogP contribution in [0.4, 0.5) is 15.3 Å². The SMILES string of the molecule is COc1ccc(Cl)cc1N1C(=O)[C@H](CCCCNC(=O)N(C)C)N(CC2CCCCC2)C1=O. The predicted molar refractivity (Wildman–Crippen MR) is 129 cm³/mol. The van der Waals surface area contributed by atoms with E-state index in [-0.39, 0.29) is 18.0 Å². The second-order valence-electron chi connectivity index (χ2n) is 9.07. The molecular weight excluding hydrogens is 444 g/mol. The van der Waals surface area contributed by atoms with Crippen LogP contribution in [0.25, 0.3) is 0 Å². The minimum atomic E-state index is -0.521. The molecule has 1 aliphatic carbocycles. The third kappa shape index (κ3) is 6.10. The van der Waals surface area contributed by atoms with Crippen molar-refractivity contribution in [3.63, 3.8) is 0 Å². The fraction of sp³-hybridized carbons (Fsp3) is 0.625. The topological polar surface area (TPSA) is 82.2 Å². The maximum atomic E-state index is 13.5. The van der Waals surface area contributed by atoms with Gasteiger partial charge in [-0.05, 0) is 56.2 Å². The van der Waals surface area contributed by atoms with Crippen molar-refractivity contribution in [1.29, 1.82) is 0 Å². The lowest BCUT2D eigenvalue weighted by molar-refractivity contribution is -0.120. The minimum absolute atomic E-state index is 0.139. The Morgan fingerprint density at radius 1 is 1.18 bits per heavy atom. The zero-order valence-corrected chi connectivity index (χ0v) is 20.6. The number of hydrogen-bond donors (Lipinski definition) is 1. The van der Waals surface area contributed by atoms with E-state index in [9.17, 15) is 14.4 Å². The summed E-state index contributed by atoms with van der Waals surface area (Å²) >= 11 is 6.19. The zero-order chi connectivity index (χ0) is 24.0. The fourth-order valence-corrected chi connectivity index (χ4v) is 4.81. The third-order valence-corrected chi connectivity index (χ3v) is 6.70. The second kappa shape index (κ2) is 11.6. The van der Waals surface area contributed by atoms with Crippen molar-refractivity contribution in [3.8, 4) is 5.75 Å². The van der Waals surface area contributed by atoms with E-state index in [0.717, 1.165) is 25.7 Å². The van der Waals surface area contributed by atoms with Crippen molar-refractivity contribution >= 4 is 35.3 Å². The summed E-state index contributed by atoms with van der Waals surface area (Å²) in [4.78, 5) is 43.2. The summed E-state index contributed by atoms with van der Waals surface area (Å²) in [6, 6.07) is 3.98. The van der Waals surface area contributed by atoms with Crippen LogP contribution < -0.4 is 15.0 Å². The molecule has 0 aromatic heterocycles. The number of hydrogen-bond acceptors (Lipinski definition) is 4. The quantitative estimate of drug-likeness (QED) is 0.418. The van der Waals surface area contributed by atoms with Crippen molar-refractivity contribution in [2.24, 2.45) is 5.92 Å². The molecule has 2 aliphatic rings. The van der Waals surface area contributed by atoms with E-state index < -0.39 is 6.04 Å². The highest BCUT2D eigenvalue weighted by molar-refractivity contribution is 6.31. The molecule has 1 aromatic carbocycles. The van der Waals surface area contributed by atoms with Crippen LogP contribution >= 0.6 is 11.6 Å². The van der Waals surface area contributed by atoms with Crippen molar-refractivity contribution in [2.75, 3.05) is 39.2 Å². The first-order valence-corrected chi connectivity index (χ1v) is 12.1. The number of nitrogens with one attached hydrogen (secondary N) is 1. The summed E-state index contributed by atoms with van der Waals surface area (Å²) in [5.41, 5.74) is 0.384. The summed E-state index contributed by atoms with van der Waals surface area (Å²) in [7, 11) is 4.90. The van der Waals surface area contributed by atoms with Crippen LogP contribution in [0.15, 0.2) is 18.2 Å². The molecule has 0 radical (unpaired) electrons. The van der Waals surface area contributed by atoms with Crippen molar-refractivity contribution in [2.45, 2.75) is 57.4 Å². The van der Waals surface area contributed by atoms with Gasteiger partial charge in [0.2, 0.25) is 0 Å². The van der Waals surface area contributed by atoms with Gasteiger partial charge in [-0.3, -0.25) is 4.79 Å². The lowest BCUT2D eigenvalue weighted by Gasteiger charge is -2.29. The molecule has 0 unspecified atom stereocenters. The molecule has 1 aliphatic heterocycles. The summed E-state index contributed by atoms with van der Waals surface area (Å²) in [6.07, 6.45) is 7.75. The molecule has 2 fully saturated rings. The standard InChI is InChI=1S/C24H35ClN4O4/c1-27(2)23(31)26-14-8-7-11-19-22(30)29(20-15-18(25)12-13-21(20)33-3)24(32)28(19)16-17-9-5-4-6-10-17/h12-13,15,17,19H,4-11,14,16H2,1-3H3,(H,26,31)/t19-/m0/s1. The number of benzene rings is 1. The average molecular weight is 479 g/mol. The van der Waals surface area contributed by atoms with Crippen LogP contribution in [0, 0.1) is 5.92 Å². The highest BCUT2D eigenvalue weighted by atomic mass is 35.5. The highest BCUT2D eigenvalue weighted by Gasteiger charge is 2.47. The van der Waals surface area contributed by atoms with Gasteiger partial charge in [0.05, 0.1) is 12.8 Å². The summed E-state index contributed by atoms with van der Waals surface area (Å²) in [6.45, 7) is 1.12. The Hall–Kier alpha value is -2.48. The number of imide groups is 1. The second-order valence-corrected chi connectivity index (χ2v) is 9.50. The van der Waals surface area contributed by atoms with Gasteiger partial charge in [-0.1, -0.05) is 30.9 Å². The van der Waals surface area contributed by atoms with Gasteiger partial charge in [0.15, 0.2) is 0 Å². The molecule has 0 bridgehead atoms. The van der Waals surface area contributed by atoms with Crippen LogP contribution in [0.2, 0.25) is 5.02 Å². The first kappa shape index (κ1) is 25.1. The molecule has 33 heavy (non-hydrogen) atoms. The van der Waals surface area contributed by atoms with Gasteiger partial charge in [0.1, 0.15) is 11.8 Å². The molecule has 1 heterocycles. The lowest BCUT2D eigenvalue weighted by Crippen LogP contribution is -2.39. The molecule has 1 saturated heterocycles. The maximum absolute atomic E-state index is 13.5. The average Bonchev–Trinajstić information content (AvgIpc) is 3.03. The molecule has 8 nitrogen and oxygen atoms in total. The molecule has 1 N–H and O–H groups in total. The van der Waals surface area contributed by atoms with E-state index >= 15 is 0 Å². The summed E-state index contributed by atoms with van der Waals surface area (Å²) in [5, 5.41) is 3.28. The highest BCUT2D eigenvalue weighted by Crippen LogP contribution is 2.37. The summed E-state index contributed by atoms with van der Waals surface area (Å²) < 4.78 is 5.42. The van der Waals surface area contributed by atoms with Crippen molar-refractivity contribution in [1.82, 2.24) is 15.1 Å². The van der Waals surface area contributed by atoms with Crippen LogP contribution in [-0.4, -0.2) is 68.1 Å². The largest absolute Gasteiger partial charge is 0.495 e. The van der Waals surface area contributed by atoms with Crippen LogP contribution in [0.3, 0.4) is 0 Å².